The van der Waals surface area contributed by atoms with E-state index in [0.717, 1.165) is 11.1 Å². The molecule has 33 heavy (non-hydrogen) atoms. The van der Waals surface area contributed by atoms with E-state index in [4.69, 9.17) is 16.3 Å². The molecule has 3 aromatic rings. The SMILES string of the molecule is CCNC(=O)c1cc(C(=O)N[C@@H](C)C=Cc2cnn(Cc3ccc(OC)c(Cl)c3)c2)ccn1. The van der Waals surface area contributed by atoms with E-state index in [-0.39, 0.29) is 23.6 Å². The maximum atomic E-state index is 12.5. The van der Waals surface area contributed by atoms with Crippen LogP contribution < -0.4 is 15.4 Å². The number of hydrogen-bond donors (Lipinski definition) is 2. The summed E-state index contributed by atoms with van der Waals surface area (Å²) >= 11 is 6.19. The molecule has 2 N–H and O–H groups in total. The summed E-state index contributed by atoms with van der Waals surface area (Å²) in [6.45, 7) is 4.74. The van der Waals surface area contributed by atoms with Crippen molar-refractivity contribution >= 4 is 29.5 Å². The summed E-state index contributed by atoms with van der Waals surface area (Å²) in [6.07, 6.45) is 8.87. The zero-order valence-electron chi connectivity index (χ0n) is 18.7. The van der Waals surface area contributed by atoms with Gasteiger partial charge in [-0.1, -0.05) is 29.8 Å². The van der Waals surface area contributed by atoms with Crippen LogP contribution in [0.15, 0.2) is 55.0 Å². The summed E-state index contributed by atoms with van der Waals surface area (Å²) in [5.74, 6) is 0.0361. The number of rotatable bonds is 9. The first-order valence-corrected chi connectivity index (χ1v) is 10.9. The third-order valence-corrected chi connectivity index (χ3v) is 5.04. The molecule has 2 aromatic heterocycles. The van der Waals surface area contributed by atoms with Crippen LogP contribution in [-0.4, -0.2) is 46.3 Å². The number of hydrogen-bond acceptors (Lipinski definition) is 5. The number of aromatic nitrogens is 3. The second kappa shape index (κ2) is 11.3. The van der Waals surface area contributed by atoms with Gasteiger partial charge < -0.3 is 15.4 Å². The first-order valence-electron chi connectivity index (χ1n) is 10.5. The quantitative estimate of drug-likeness (QED) is 0.501. The van der Waals surface area contributed by atoms with Gasteiger partial charge in [-0.25, -0.2) is 0 Å². The third-order valence-electron chi connectivity index (χ3n) is 4.74. The summed E-state index contributed by atoms with van der Waals surface area (Å²) in [4.78, 5) is 28.5. The van der Waals surface area contributed by atoms with Crippen molar-refractivity contribution in [1.29, 1.82) is 0 Å². The number of halogens is 1. The first-order chi connectivity index (χ1) is 15.9. The summed E-state index contributed by atoms with van der Waals surface area (Å²) in [5.41, 5.74) is 2.48. The minimum atomic E-state index is -0.311. The Morgan fingerprint density at radius 3 is 2.79 bits per heavy atom. The molecule has 0 aliphatic carbocycles. The molecule has 0 saturated carbocycles. The largest absolute Gasteiger partial charge is 0.495 e. The Hall–Kier alpha value is -3.65. The summed E-state index contributed by atoms with van der Waals surface area (Å²) < 4.78 is 6.98. The smallest absolute Gasteiger partial charge is 0.269 e. The lowest BCUT2D eigenvalue weighted by Crippen LogP contribution is -2.31. The molecule has 1 aromatic carbocycles. The number of methoxy groups -OCH3 is 1. The lowest BCUT2D eigenvalue weighted by molar-refractivity contribution is 0.0947. The summed E-state index contributed by atoms with van der Waals surface area (Å²) in [5, 5.41) is 10.5. The van der Waals surface area contributed by atoms with Crippen LogP contribution >= 0.6 is 11.6 Å². The van der Waals surface area contributed by atoms with Gasteiger partial charge in [-0.05, 0) is 43.7 Å². The van der Waals surface area contributed by atoms with Crippen molar-refractivity contribution in [2.24, 2.45) is 0 Å². The molecular formula is C24H26ClN5O3. The molecule has 0 aliphatic heterocycles. The molecule has 0 unspecified atom stereocenters. The Morgan fingerprint density at radius 1 is 1.24 bits per heavy atom. The van der Waals surface area contributed by atoms with Crippen molar-refractivity contribution in [2.75, 3.05) is 13.7 Å². The molecule has 0 bridgehead atoms. The predicted octanol–water partition coefficient (Wildman–Crippen LogP) is 3.57. The van der Waals surface area contributed by atoms with Gasteiger partial charge in [-0.3, -0.25) is 19.3 Å². The fourth-order valence-corrected chi connectivity index (χ4v) is 3.37. The average molecular weight is 468 g/mol. The zero-order chi connectivity index (χ0) is 23.8. The van der Waals surface area contributed by atoms with Crippen LogP contribution in [0.4, 0.5) is 0 Å². The molecule has 0 radical (unpaired) electrons. The van der Waals surface area contributed by atoms with E-state index in [2.05, 4.69) is 20.7 Å². The molecule has 3 rings (SSSR count). The summed E-state index contributed by atoms with van der Waals surface area (Å²) in [7, 11) is 1.58. The van der Waals surface area contributed by atoms with Crippen molar-refractivity contribution in [2.45, 2.75) is 26.4 Å². The van der Waals surface area contributed by atoms with Gasteiger partial charge in [-0.2, -0.15) is 5.10 Å². The Labute approximate surface area is 197 Å². The number of carbonyl (C=O) groups excluding carboxylic acids is 2. The average Bonchev–Trinajstić information content (AvgIpc) is 3.25. The van der Waals surface area contributed by atoms with Gasteiger partial charge in [0.15, 0.2) is 0 Å². The fraction of sp³-hybridized carbons (Fsp3) is 0.250. The number of nitrogens with one attached hydrogen (secondary N) is 2. The predicted molar refractivity (Wildman–Crippen MR) is 128 cm³/mol. The highest BCUT2D eigenvalue weighted by Crippen LogP contribution is 2.25. The molecule has 2 amide bonds. The van der Waals surface area contributed by atoms with Crippen LogP contribution in [0.3, 0.4) is 0 Å². The van der Waals surface area contributed by atoms with Gasteiger partial charge in [0.2, 0.25) is 0 Å². The number of carbonyl (C=O) groups is 2. The van der Waals surface area contributed by atoms with Gasteiger partial charge in [0.05, 0.1) is 24.9 Å². The van der Waals surface area contributed by atoms with Gasteiger partial charge in [0, 0.05) is 36.1 Å². The van der Waals surface area contributed by atoms with Gasteiger partial charge in [0.25, 0.3) is 11.8 Å². The lowest BCUT2D eigenvalue weighted by atomic mass is 10.2. The molecule has 0 spiro atoms. The van der Waals surface area contributed by atoms with Crippen LogP contribution in [-0.2, 0) is 6.54 Å². The van der Waals surface area contributed by atoms with Crippen molar-refractivity contribution in [3.63, 3.8) is 0 Å². The highest BCUT2D eigenvalue weighted by Gasteiger charge is 2.12. The Balaban J connectivity index is 1.58. The molecule has 8 nitrogen and oxygen atoms in total. The normalized spacial score (nSPS) is 11.9. The molecule has 0 aliphatic rings. The van der Waals surface area contributed by atoms with E-state index in [0.29, 0.717) is 29.4 Å². The number of ether oxygens (including phenoxy) is 1. The number of pyridine rings is 1. The topological polar surface area (TPSA) is 98.1 Å². The van der Waals surface area contributed by atoms with Crippen LogP contribution in [0.1, 0.15) is 45.8 Å². The molecule has 172 valence electrons. The van der Waals surface area contributed by atoms with E-state index in [1.807, 2.05) is 50.4 Å². The molecular weight excluding hydrogens is 442 g/mol. The Kier molecular flexibility index (Phi) is 8.21. The second-order valence-corrected chi connectivity index (χ2v) is 7.76. The minimum Gasteiger partial charge on any atom is -0.495 e. The number of benzene rings is 1. The Bertz CT molecular complexity index is 1160. The van der Waals surface area contributed by atoms with E-state index in [1.165, 1.54) is 12.3 Å². The van der Waals surface area contributed by atoms with Crippen molar-refractivity contribution < 1.29 is 14.3 Å². The van der Waals surface area contributed by atoms with Gasteiger partial charge in [0.1, 0.15) is 11.4 Å². The van der Waals surface area contributed by atoms with Crippen LogP contribution in [0.2, 0.25) is 5.02 Å². The molecule has 9 heteroatoms. The monoisotopic (exact) mass is 467 g/mol. The fourth-order valence-electron chi connectivity index (χ4n) is 3.09. The van der Waals surface area contributed by atoms with Gasteiger partial charge >= 0.3 is 0 Å². The maximum Gasteiger partial charge on any atom is 0.269 e. The lowest BCUT2D eigenvalue weighted by Gasteiger charge is -2.10. The van der Waals surface area contributed by atoms with Crippen molar-refractivity contribution in [1.82, 2.24) is 25.4 Å². The first kappa shape index (κ1) is 24.0. The van der Waals surface area contributed by atoms with E-state index >= 15 is 0 Å². The second-order valence-electron chi connectivity index (χ2n) is 7.35. The highest BCUT2D eigenvalue weighted by molar-refractivity contribution is 6.32. The van der Waals surface area contributed by atoms with Gasteiger partial charge in [-0.15, -0.1) is 0 Å². The van der Waals surface area contributed by atoms with Crippen molar-refractivity contribution in [3.05, 3.63) is 82.4 Å². The third kappa shape index (κ3) is 6.66. The Morgan fingerprint density at radius 2 is 2.06 bits per heavy atom. The summed E-state index contributed by atoms with van der Waals surface area (Å²) in [6, 6.07) is 8.44. The van der Waals surface area contributed by atoms with E-state index < -0.39 is 0 Å². The molecule has 1 atom stereocenters. The van der Waals surface area contributed by atoms with E-state index in [1.54, 1.807) is 24.1 Å². The maximum absolute atomic E-state index is 12.5. The standard InChI is InChI=1S/C24H26ClN5O3/c1-4-26-24(32)21-12-19(9-10-27-21)23(31)29-16(2)5-6-18-13-28-30(15-18)14-17-7-8-22(33-3)20(25)11-17/h5-13,15-16H,4,14H2,1-3H3,(H,26,32)(H,29,31)/t16-/m0/s1. The van der Waals surface area contributed by atoms with Crippen LogP contribution in [0.5, 0.6) is 5.75 Å². The molecule has 2 heterocycles. The number of nitrogens with zero attached hydrogens (tertiary/aromatic N) is 3. The van der Waals surface area contributed by atoms with Crippen LogP contribution in [0.25, 0.3) is 6.08 Å². The zero-order valence-corrected chi connectivity index (χ0v) is 19.5. The van der Waals surface area contributed by atoms with E-state index in [9.17, 15) is 9.59 Å². The minimum absolute atomic E-state index is 0.207. The molecule has 0 fully saturated rings. The van der Waals surface area contributed by atoms with Crippen LogP contribution in [0, 0.1) is 0 Å². The highest BCUT2D eigenvalue weighted by atomic mass is 35.5. The molecule has 0 saturated heterocycles. The number of amides is 2. The van der Waals surface area contributed by atoms with Crippen molar-refractivity contribution in [3.8, 4) is 5.75 Å².